The van der Waals surface area contributed by atoms with Gasteiger partial charge in [-0.1, -0.05) is 48.5 Å². The van der Waals surface area contributed by atoms with Crippen LogP contribution in [0.2, 0.25) is 0 Å². The summed E-state index contributed by atoms with van der Waals surface area (Å²) in [6, 6.07) is 18.7. The van der Waals surface area contributed by atoms with Gasteiger partial charge in [-0.2, -0.15) is 0 Å². The monoisotopic (exact) mass is 434 g/mol. The van der Waals surface area contributed by atoms with Gasteiger partial charge in [-0.3, -0.25) is 4.79 Å². The zero-order chi connectivity index (χ0) is 21.8. The van der Waals surface area contributed by atoms with Crippen LogP contribution < -0.4 is 10.2 Å². The zero-order valence-corrected chi connectivity index (χ0v) is 18.2. The number of halogens is 1. The summed E-state index contributed by atoms with van der Waals surface area (Å²) >= 11 is 1.64. The normalized spacial score (nSPS) is 10.9. The summed E-state index contributed by atoms with van der Waals surface area (Å²) in [4.78, 5) is 25.6. The standard InChI is InChI=1S/C24H23FN4OS/c1-16-27-23(19-14-21(31-24(19)28-16)17-8-4-3-5-9-17)29(2)13-12-22(30)26-15-18-10-6-7-11-20(18)25/h3-11,14H,12-13,15H2,1-2H3,(H,26,30). The largest absolute Gasteiger partial charge is 0.359 e. The second-order valence-electron chi connectivity index (χ2n) is 7.33. The van der Waals surface area contributed by atoms with Crippen LogP contribution >= 0.6 is 11.3 Å². The molecular weight excluding hydrogens is 411 g/mol. The first-order chi connectivity index (χ1) is 15.0. The summed E-state index contributed by atoms with van der Waals surface area (Å²) in [5.74, 6) is 1.06. The molecule has 0 bridgehead atoms. The summed E-state index contributed by atoms with van der Waals surface area (Å²) in [7, 11) is 1.92. The Kier molecular flexibility index (Phi) is 6.23. The van der Waals surface area contributed by atoms with E-state index in [4.69, 9.17) is 0 Å². The maximum Gasteiger partial charge on any atom is 0.222 e. The Bertz CT molecular complexity index is 1210. The molecule has 1 amide bonds. The lowest BCUT2D eigenvalue weighted by molar-refractivity contribution is -0.121. The van der Waals surface area contributed by atoms with Gasteiger partial charge in [-0.25, -0.2) is 14.4 Å². The molecule has 2 heterocycles. The van der Waals surface area contributed by atoms with Gasteiger partial charge in [-0.05, 0) is 24.6 Å². The number of carbonyl (C=O) groups excluding carboxylic acids is 1. The first-order valence-corrected chi connectivity index (χ1v) is 10.9. The second-order valence-corrected chi connectivity index (χ2v) is 8.36. The molecule has 2 aromatic carbocycles. The predicted molar refractivity (Wildman–Crippen MR) is 124 cm³/mol. The highest BCUT2D eigenvalue weighted by atomic mass is 32.1. The highest BCUT2D eigenvalue weighted by molar-refractivity contribution is 7.21. The summed E-state index contributed by atoms with van der Waals surface area (Å²) in [6.07, 6.45) is 0.283. The van der Waals surface area contributed by atoms with Gasteiger partial charge in [0.05, 0.1) is 5.39 Å². The molecule has 0 aliphatic carbocycles. The number of hydrogen-bond acceptors (Lipinski definition) is 5. The smallest absolute Gasteiger partial charge is 0.222 e. The molecule has 4 aromatic rings. The zero-order valence-electron chi connectivity index (χ0n) is 17.4. The summed E-state index contributed by atoms with van der Waals surface area (Å²) < 4.78 is 13.7. The fourth-order valence-electron chi connectivity index (χ4n) is 3.34. The first kappa shape index (κ1) is 20.9. The van der Waals surface area contributed by atoms with E-state index in [0.717, 1.165) is 26.5 Å². The minimum atomic E-state index is -0.314. The Morgan fingerprint density at radius 3 is 2.61 bits per heavy atom. The molecule has 7 heteroatoms. The van der Waals surface area contributed by atoms with Gasteiger partial charge in [0, 0.05) is 37.0 Å². The Morgan fingerprint density at radius 1 is 1.10 bits per heavy atom. The van der Waals surface area contributed by atoms with Gasteiger partial charge in [0.15, 0.2) is 0 Å². The molecule has 0 fully saturated rings. The van der Waals surface area contributed by atoms with Crippen LogP contribution in [0.3, 0.4) is 0 Å². The molecular formula is C24H23FN4OS. The van der Waals surface area contributed by atoms with Crippen molar-refractivity contribution in [2.45, 2.75) is 19.9 Å². The van der Waals surface area contributed by atoms with Crippen molar-refractivity contribution < 1.29 is 9.18 Å². The van der Waals surface area contributed by atoms with Gasteiger partial charge in [0.2, 0.25) is 5.91 Å². The number of nitrogens with one attached hydrogen (secondary N) is 1. The van der Waals surface area contributed by atoms with E-state index in [1.807, 2.05) is 37.1 Å². The molecule has 31 heavy (non-hydrogen) atoms. The highest BCUT2D eigenvalue weighted by Crippen LogP contribution is 2.36. The van der Waals surface area contributed by atoms with E-state index in [2.05, 4.69) is 33.5 Å². The molecule has 0 spiro atoms. The molecule has 2 aromatic heterocycles. The Morgan fingerprint density at radius 2 is 1.84 bits per heavy atom. The number of anilines is 1. The van der Waals surface area contributed by atoms with Crippen molar-refractivity contribution in [1.82, 2.24) is 15.3 Å². The number of fused-ring (bicyclic) bond motifs is 1. The van der Waals surface area contributed by atoms with E-state index >= 15 is 0 Å². The molecule has 0 unspecified atom stereocenters. The number of amides is 1. The average Bonchev–Trinajstić information content (AvgIpc) is 3.21. The van der Waals surface area contributed by atoms with E-state index in [0.29, 0.717) is 17.9 Å². The van der Waals surface area contributed by atoms with Crippen LogP contribution in [0, 0.1) is 12.7 Å². The molecule has 0 aliphatic heterocycles. The topological polar surface area (TPSA) is 58.1 Å². The van der Waals surface area contributed by atoms with Crippen LogP contribution in [0.4, 0.5) is 10.2 Å². The van der Waals surface area contributed by atoms with Gasteiger partial charge in [0.25, 0.3) is 0 Å². The lowest BCUT2D eigenvalue weighted by Crippen LogP contribution is -2.29. The Hall–Kier alpha value is -3.32. The molecule has 5 nitrogen and oxygen atoms in total. The number of aryl methyl sites for hydroxylation is 1. The fourth-order valence-corrected chi connectivity index (χ4v) is 4.42. The van der Waals surface area contributed by atoms with E-state index < -0.39 is 0 Å². The lowest BCUT2D eigenvalue weighted by atomic mass is 10.2. The van der Waals surface area contributed by atoms with Crippen LogP contribution in [-0.2, 0) is 11.3 Å². The van der Waals surface area contributed by atoms with Crippen LogP contribution in [0.5, 0.6) is 0 Å². The quantitative estimate of drug-likeness (QED) is 0.447. The third kappa shape index (κ3) is 4.88. The number of nitrogens with zero attached hydrogens (tertiary/aromatic N) is 3. The number of aromatic nitrogens is 2. The molecule has 0 aliphatic rings. The maximum absolute atomic E-state index is 13.7. The van der Waals surface area contributed by atoms with Crippen molar-refractivity contribution in [3.63, 3.8) is 0 Å². The van der Waals surface area contributed by atoms with Crippen LogP contribution in [-0.4, -0.2) is 29.5 Å². The van der Waals surface area contributed by atoms with E-state index in [9.17, 15) is 9.18 Å². The first-order valence-electron chi connectivity index (χ1n) is 10.1. The summed E-state index contributed by atoms with van der Waals surface area (Å²) in [5.41, 5.74) is 1.62. The van der Waals surface area contributed by atoms with Gasteiger partial charge in [0.1, 0.15) is 22.3 Å². The fraction of sp³-hybridized carbons (Fsp3) is 0.208. The molecule has 0 atom stereocenters. The molecule has 0 saturated heterocycles. The predicted octanol–water partition coefficient (Wildman–Crippen LogP) is 4.95. The second kappa shape index (κ2) is 9.22. The van der Waals surface area contributed by atoms with Crippen LogP contribution in [0.1, 0.15) is 17.8 Å². The van der Waals surface area contributed by atoms with Crippen molar-refractivity contribution >= 4 is 33.3 Å². The third-order valence-electron chi connectivity index (χ3n) is 5.01. The minimum absolute atomic E-state index is 0.132. The van der Waals surface area contributed by atoms with E-state index in [1.54, 1.807) is 29.5 Å². The third-order valence-corrected chi connectivity index (χ3v) is 6.09. The number of rotatable bonds is 7. The number of thiophene rings is 1. The molecule has 1 N–H and O–H groups in total. The van der Waals surface area contributed by atoms with Crippen molar-refractivity contribution in [1.29, 1.82) is 0 Å². The van der Waals surface area contributed by atoms with Gasteiger partial charge < -0.3 is 10.2 Å². The number of carbonyl (C=O) groups is 1. The van der Waals surface area contributed by atoms with Crippen LogP contribution in [0.25, 0.3) is 20.7 Å². The molecule has 4 rings (SSSR count). The van der Waals surface area contributed by atoms with Gasteiger partial charge >= 0.3 is 0 Å². The molecule has 158 valence electrons. The van der Waals surface area contributed by atoms with Gasteiger partial charge in [-0.15, -0.1) is 11.3 Å². The molecule has 0 saturated carbocycles. The average molecular weight is 435 g/mol. The van der Waals surface area contributed by atoms with E-state index in [-0.39, 0.29) is 24.7 Å². The van der Waals surface area contributed by atoms with Crippen molar-refractivity contribution in [3.05, 3.63) is 77.9 Å². The summed E-state index contributed by atoms with van der Waals surface area (Å²) in [6.45, 7) is 2.54. The van der Waals surface area contributed by atoms with Crippen molar-refractivity contribution in [2.75, 3.05) is 18.5 Å². The number of hydrogen-bond donors (Lipinski definition) is 1. The Labute approximate surface area is 184 Å². The molecule has 0 radical (unpaired) electrons. The highest BCUT2D eigenvalue weighted by Gasteiger charge is 2.15. The maximum atomic E-state index is 13.7. The van der Waals surface area contributed by atoms with Crippen molar-refractivity contribution in [2.24, 2.45) is 0 Å². The van der Waals surface area contributed by atoms with Crippen molar-refractivity contribution in [3.8, 4) is 10.4 Å². The number of benzene rings is 2. The van der Waals surface area contributed by atoms with Crippen LogP contribution in [0.15, 0.2) is 60.7 Å². The summed E-state index contributed by atoms with van der Waals surface area (Å²) in [5, 5.41) is 3.76. The minimum Gasteiger partial charge on any atom is -0.359 e. The SMILES string of the molecule is Cc1nc(N(C)CCC(=O)NCc2ccccc2F)c2cc(-c3ccccc3)sc2n1. The lowest BCUT2D eigenvalue weighted by Gasteiger charge is -2.19. The van der Waals surface area contributed by atoms with E-state index in [1.165, 1.54) is 6.07 Å². The Balaban J connectivity index is 1.46.